The van der Waals surface area contributed by atoms with E-state index in [0.717, 1.165) is 11.1 Å². The zero-order valence-electron chi connectivity index (χ0n) is 23.8. The lowest BCUT2D eigenvalue weighted by Crippen LogP contribution is -2.48. The number of hydrogen-bond acceptors (Lipinski definition) is 7. The van der Waals surface area contributed by atoms with E-state index in [2.05, 4.69) is 0 Å². The molecule has 2 aromatic carbocycles. The van der Waals surface area contributed by atoms with E-state index in [1.165, 1.54) is 9.80 Å². The van der Waals surface area contributed by atoms with Gasteiger partial charge in [-0.05, 0) is 61.9 Å². The second kappa shape index (κ2) is 11.1. The average molecular weight is 587 g/mol. The number of anilines is 1. The third kappa shape index (κ3) is 4.55. The Kier molecular flexibility index (Phi) is 7.41. The van der Waals surface area contributed by atoms with E-state index in [-0.39, 0.29) is 62.6 Å². The molecule has 2 aliphatic heterocycles. The second-order valence-electron chi connectivity index (χ2n) is 12.0. The van der Waals surface area contributed by atoms with E-state index in [4.69, 9.17) is 14.9 Å². The number of imide groups is 2. The van der Waals surface area contributed by atoms with Crippen LogP contribution in [0.25, 0.3) is 0 Å². The molecule has 2 heterocycles. The van der Waals surface area contributed by atoms with Crippen molar-refractivity contribution in [2.24, 2.45) is 29.1 Å². The number of ether oxygens (including phenoxy) is 1. The molecule has 2 aromatic rings. The van der Waals surface area contributed by atoms with Crippen LogP contribution in [0.3, 0.4) is 0 Å². The Morgan fingerprint density at radius 3 is 2.37 bits per heavy atom. The van der Waals surface area contributed by atoms with Crippen LogP contribution in [-0.2, 0) is 24.0 Å². The maximum absolute atomic E-state index is 14.4. The number of carboxylic acids is 1. The third-order valence-electron chi connectivity index (χ3n) is 9.73. The molecule has 3 fully saturated rings. The molecule has 10 heteroatoms. The van der Waals surface area contributed by atoms with Gasteiger partial charge < -0.3 is 14.9 Å². The summed E-state index contributed by atoms with van der Waals surface area (Å²) in [5.41, 5.74) is 1.03. The number of para-hydroxylation sites is 1. The molecule has 10 nitrogen and oxygen atoms in total. The predicted octanol–water partition coefficient (Wildman–Crippen LogP) is 3.15. The summed E-state index contributed by atoms with van der Waals surface area (Å²) in [6.45, 7) is 1.88. The number of carboxylic acid groups (broad SMARTS) is 1. The van der Waals surface area contributed by atoms with Gasteiger partial charge >= 0.3 is 5.97 Å². The maximum Gasteiger partial charge on any atom is 0.303 e. The molecule has 224 valence electrons. The molecular weight excluding hydrogens is 552 g/mol. The highest BCUT2D eigenvalue weighted by molar-refractivity contribution is 6.24. The molecule has 4 aliphatic rings. The van der Waals surface area contributed by atoms with Gasteiger partial charge in [-0.2, -0.15) is 0 Å². The monoisotopic (exact) mass is 586 g/mol. The van der Waals surface area contributed by atoms with Gasteiger partial charge in [0.2, 0.25) is 23.6 Å². The summed E-state index contributed by atoms with van der Waals surface area (Å²) in [6, 6.07) is 16.1. The van der Waals surface area contributed by atoms with Gasteiger partial charge in [-0.15, -0.1) is 0 Å². The number of amides is 4. The molecule has 0 aromatic heterocycles. The number of benzene rings is 2. The molecular formula is C33H34N2O8. The number of carbonyl (C=O) groups is 5. The summed E-state index contributed by atoms with van der Waals surface area (Å²) in [6.07, 6.45) is 2.60. The van der Waals surface area contributed by atoms with Crippen molar-refractivity contribution in [2.75, 3.05) is 24.7 Å². The quantitative estimate of drug-likeness (QED) is 0.337. The summed E-state index contributed by atoms with van der Waals surface area (Å²) in [5, 5.41) is 18.2. The van der Waals surface area contributed by atoms with Crippen LogP contribution in [0.1, 0.15) is 44.1 Å². The Balaban J connectivity index is 1.42. The first kappa shape index (κ1) is 28.8. The predicted molar refractivity (Wildman–Crippen MR) is 154 cm³/mol. The minimum atomic E-state index is -1.14. The largest absolute Gasteiger partial charge is 0.491 e. The first-order valence-electron chi connectivity index (χ1n) is 14.7. The van der Waals surface area contributed by atoms with Crippen molar-refractivity contribution in [3.8, 4) is 5.75 Å². The van der Waals surface area contributed by atoms with Gasteiger partial charge in [0, 0.05) is 18.9 Å². The number of nitrogens with zero attached hydrogens (tertiary/aromatic N) is 2. The fourth-order valence-corrected chi connectivity index (χ4v) is 7.81. The van der Waals surface area contributed by atoms with Crippen LogP contribution >= 0.6 is 0 Å². The van der Waals surface area contributed by atoms with Crippen molar-refractivity contribution in [3.05, 3.63) is 71.8 Å². The van der Waals surface area contributed by atoms with E-state index < -0.39 is 41.0 Å². The smallest absolute Gasteiger partial charge is 0.303 e. The second-order valence-corrected chi connectivity index (χ2v) is 12.0. The van der Waals surface area contributed by atoms with Gasteiger partial charge in [-0.25, -0.2) is 4.90 Å². The molecule has 1 saturated carbocycles. The van der Waals surface area contributed by atoms with Crippen molar-refractivity contribution < 1.29 is 38.9 Å². The van der Waals surface area contributed by atoms with Crippen LogP contribution in [0.4, 0.5) is 5.69 Å². The molecule has 4 amide bonds. The average Bonchev–Trinajstić information content (AvgIpc) is 3.36. The number of carbonyl (C=O) groups excluding carboxylic acids is 4. The number of likely N-dealkylation sites (tertiary alicyclic amines) is 1. The van der Waals surface area contributed by atoms with Crippen LogP contribution in [0.5, 0.6) is 5.75 Å². The van der Waals surface area contributed by atoms with Crippen molar-refractivity contribution in [3.63, 3.8) is 0 Å². The lowest BCUT2D eigenvalue weighted by atomic mass is 9.51. The van der Waals surface area contributed by atoms with Gasteiger partial charge in [-0.3, -0.25) is 28.9 Å². The number of fused-ring (bicyclic) bond motifs is 4. The van der Waals surface area contributed by atoms with Crippen LogP contribution in [-0.4, -0.2) is 64.5 Å². The molecule has 2 N–H and O–H groups in total. The minimum Gasteiger partial charge on any atom is -0.491 e. The number of allylic oxidation sites excluding steroid dienone is 2. The summed E-state index contributed by atoms with van der Waals surface area (Å²) in [7, 11) is 0. The molecule has 6 atom stereocenters. The van der Waals surface area contributed by atoms with E-state index in [1.54, 1.807) is 36.4 Å². The van der Waals surface area contributed by atoms with Crippen molar-refractivity contribution in [1.29, 1.82) is 0 Å². The number of aliphatic hydroxyl groups is 1. The highest BCUT2D eigenvalue weighted by atomic mass is 16.5. The van der Waals surface area contributed by atoms with E-state index in [0.29, 0.717) is 17.9 Å². The summed E-state index contributed by atoms with van der Waals surface area (Å²) >= 11 is 0. The summed E-state index contributed by atoms with van der Waals surface area (Å²) in [4.78, 5) is 69.2. The maximum atomic E-state index is 14.4. The number of hydrogen-bond donors (Lipinski definition) is 2. The van der Waals surface area contributed by atoms with Gasteiger partial charge in [0.25, 0.3) is 0 Å². The van der Waals surface area contributed by atoms with Gasteiger partial charge in [0.05, 0.1) is 35.5 Å². The normalized spacial score (nSPS) is 29.7. The lowest BCUT2D eigenvalue weighted by Gasteiger charge is -2.49. The number of aliphatic hydroxyl groups excluding tert-OH is 1. The zero-order valence-corrected chi connectivity index (χ0v) is 23.8. The Morgan fingerprint density at radius 2 is 1.70 bits per heavy atom. The Hall–Kier alpha value is -4.31. The first-order valence-corrected chi connectivity index (χ1v) is 14.7. The lowest BCUT2D eigenvalue weighted by molar-refractivity contribution is -0.142. The minimum absolute atomic E-state index is 0.0398. The highest BCUT2D eigenvalue weighted by Gasteiger charge is 2.67. The van der Waals surface area contributed by atoms with Crippen LogP contribution in [0.2, 0.25) is 0 Å². The van der Waals surface area contributed by atoms with Crippen LogP contribution in [0, 0.1) is 29.1 Å². The van der Waals surface area contributed by atoms with Crippen molar-refractivity contribution >= 4 is 35.3 Å². The van der Waals surface area contributed by atoms with Crippen molar-refractivity contribution in [2.45, 2.75) is 38.5 Å². The topological polar surface area (TPSA) is 142 Å². The fraction of sp³-hybridized carbons (Fsp3) is 0.424. The molecule has 43 heavy (non-hydrogen) atoms. The van der Waals surface area contributed by atoms with Crippen LogP contribution < -0.4 is 9.64 Å². The van der Waals surface area contributed by atoms with E-state index >= 15 is 0 Å². The van der Waals surface area contributed by atoms with Crippen molar-refractivity contribution in [1.82, 2.24) is 4.90 Å². The first-order chi connectivity index (χ1) is 20.7. The molecule has 6 rings (SSSR count). The SMILES string of the molecule is C[C@@]12C(=O)N(c3ccccc3)C(=O)[C@@H]1C[C@@H]1C(=CC[C@@H]3C(=O)N(CCCC(=O)O)C(=O)[C@@H]31)[C@@H]2c1ccc(OCCO)cc1. The fourth-order valence-electron chi connectivity index (χ4n) is 7.81. The Labute approximate surface area is 248 Å². The molecule has 0 spiro atoms. The van der Waals surface area contributed by atoms with Gasteiger partial charge in [0.15, 0.2) is 0 Å². The third-order valence-corrected chi connectivity index (χ3v) is 9.73. The molecule has 0 unspecified atom stereocenters. The zero-order chi connectivity index (χ0) is 30.5. The molecule has 2 aliphatic carbocycles. The standard InChI is InChI=1S/C33H34N2O8/c1-33-25(30(40)35(32(33)42)20-6-3-2-4-7-20)18-24-22(28(33)19-9-11-21(12-10-19)43-17-16-36)13-14-23-27(24)31(41)34(29(23)39)15-5-8-26(37)38/h2-4,6-7,9-13,23-25,27-28,36H,5,8,14-18H2,1H3,(H,37,38)/t23-,24+,25-,27-,28-,33+/m0/s1. The Morgan fingerprint density at radius 1 is 0.977 bits per heavy atom. The molecule has 2 saturated heterocycles. The van der Waals surface area contributed by atoms with E-state index in [9.17, 15) is 24.0 Å². The molecule has 0 radical (unpaired) electrons. The van der Waals surface area contributed by atoms with E-state index in [1.807, 2.05) is 31.2 Å². The van der Waals surface area contributed by atoms with Crippen LogP contribution in [0.15, 0.2) is 66.2 Å². The van der Waals surface area contributed by atoms with Gasteiger partial charge in [0.1, 0.15) is 12.4 Å². The van der Waals surface area contributed by atoms with Gasteiger partial charge in [-0.1, -0.05) is 42.0 Å². The highest BCUT2D eigenvalue weighted by Crippen LogP contribution is 2.63. The molecule has 0 bridgehead atoms. The number of rotatable bonds is 9. The Bertz CT molecular complexity index is 1500. The summed E-state index contributed by atoms with van der Waals surface area (Å²) in [5.74, 6) is -4.62. The summed E-state index contributed by atoms with van der Waals surface area (Å²) < 4.78 is 5.55. The number of aliphatic carboxylic acids is 1.